The SMILES string of the molecule is CCCCCCCCCCCC(=O)OCCOCCOCCOCCOCCOCCOCCOCCOCCOCCOCCOCCN(C)C(=O)OCC1c2ccccc2-c2ccccc21. The maximum absolute atomic E-state index is 12.6. The minimum atomic E-state index is -0.367. The van der Waals surface area contributed by atoms with Crippen molar-refractivity contribution >= 4 is 12.1 Å². The van der Waals surface area contributed by atoms with Crippen LogP contribution in [0.4, 0.5) is 4.79 Å². The summed E-state index contributed by atoms with van der Waals surface area (Å²) in [6.07, 6.45) is 11.2. The lowest BCUT2D eigenvalue weighted by atomic mass is 9.98. The Labute approximate surface area is 407 Å². The van der Waals surface area contributed by atoms with Gasteiger partial charge in [0.05, 0.1) is 145 Å². The molecule has 0 radical (unpaired) electrons. The highest BCUT2D eigenvalue weighted by Crippen LogP contribution is 2.44. The van der Waals surface area contributed by atoms with E-state index in [1.165, 1.54) is 72.1 Å². The molecule has 0 unspecified atom stereocenters. The molecule has 0 aromatic heterocycles. The summed E-state index contributed by atoms with van der Waals surface area (Å²) in [5.74, 6) is -0.108. The number of carbonyl (C=O) groups is 2. The van der Waals surface area contributed by atoms with E-state index >= 15 is 0 Å². The molecule has 0 atom stereocenters. The molecule has 2 aromatic carbocycles. The van der Waals surface area contributed by atoms with Gasteiger partial charge in [0, 0.05) is 25.9 Å². The summed E-state index contributed by atoms with van der Waals surface area (Å²) in [4.78, 5) is 26.0. The third kappa shape index (κ3) is 29.7. The molecule has 0 fully saturated rings. The van der Waals surface area contributed by atoms with Gasteiger partial charge in [-0.25, -0.2) is 4.79 Å². The van der Waals surface area contributed by atoms with Crippen LogP contribution in [0.15, 0.2) is 48.5 Å². The van der Waals surface area contributed by atoms with Crippen molar-refractivity contribution in [3.8, 4) is 11.1 Å². The number of rotatable bonds is 48. The number of likely N-dealkylation sites (N-methyl/N-ethyl adjacent to an activating group) is 1. The quantitative estimate of drug-likeness (QED) is 0.0474. The van der Waals surface area contributed by atoms with Crippen LogP contribution in [0.2, 0.25) is 0 Å². The molecule has 0 N–H and O–H groups in total. The molecule has 0 aliphatic heterocycles. The first-order valence-corrected chi connectivity index (χ1v) is 25.2. The van der Waals surface area contributed by atoms with Gasteiger partial charge in [-0.05, 0) is 28.7 Å². The van der Waals surface area contributed by atoms with Crippen LogP contribution in [0.5, 0.6) is 0 Å². The predicted octanol–water partition coefficient (Wildman–Crippen LogP) is 7.51. The highest BCUT2D eigenvalue weighted by Gasteiger charge is 2.29. The van der Waals surface area contributed by atoms with Gasteiger partial charge in [-0.3, -0.25) is 4.79 Å². The Morgan fingerprint density at radius 3 is 1.12 bits per heavy atom. The Morgan fingerprint density at radius 2 is 0.735 bits per heavy atom. The van der Waals surface area contributed by atoms with Crippen LogP contribution in [0.3, 0.4) is 0 Å². The topological polar surface area (TPSA) is 157 Å². The van der Waals surface area contributed by atoms with Crippen LogP contribution in [0.25, 0.3) is 11.1 Å². The summed E-state index contributed by atoms with van der Waals surface area (Å²) in [7, 11) is 1.71. The van der Waals surface area contributed by atoms with Gasteiger partial charge in [-0.1, -0.05) is 107 Å². The van der Waals surface area contributed by atoms with Gasteiger partial charge in [-0.15, -0.1) is 0 Å². The van der Waals surface area contributed by atoms with Crippen molar-refractivity contribution in [1.29, 1.82) is 0 Å². The largest absolute Gasteiger partial charge is 0.463 e. The normalized spacial score (nSPS) is 12.1. The van der Waals surface area contributed by atoms with Crippen molar-refractivity contribution in [1.82, 2.24) is 4.90 Å². The zero-order valence-corrected chi connectivity index (χ0v) is 41.5. The van der Waals surface area contributed by atoms with Gasteiger partial charge in [0.25, 0.3) is 0 Å². The molecular formula is C52H85NO15. The molecule has 0 saturated heterocycles. The van der Waals surface area contributed by atoms with Gasteiger partial charge >= 0.3 is 12.1 Å². The Balaban J connectivity index is 0.919. The van der Waals surface area contributed by atoms with Crippen molar-refractivity contribution in [3.63, 3.8) is 0 Å². The third-order valence-corrected chi connectivity index (χ3v) is 10.9. The molecule has 0 spiro atoms. The number of fused-ring (bicyclic) bond motifs is 3. The Kier molecular flexibility index (Phi) is 37.0. The van der Waals surface area contributed by atoms with Crippen LogP contribution in [-0.4, -0.2) is 189 Å². The van der Waals surface area contributed by atoms with Gasteiger partial charge in [0.15, 0.2) is 0 Å². The summed E-state index contributed by atoms with van der Waals surface area (Å²) < 4.78 is 71.8. The van der Waals surface area contributed by atoms with E-state index in [9.17, 15) is 9.59 Å². The van der Waals surface area contributed by atoms with E-state index in [2.05, 4.69) is 31.2 Å². The Morgan fingerprint density at radius 1 is 0.412 bits per heavy atom. The lowest BCUT2D eigenvalue weighted by Gasteiger charge is -2.19. The van der Waals surface area contributed by atoms with Crippen molar-refractivity contribution in [2.24, 2.45) is 0 Å². The highest BCUT2D eigenvalue weighted by molar-refractivity contribution is 5.79. The standard InChI is InChI=1S/C52H85NO15/c1-3-4-5-6-7-8-9-10-11-20-51(54)67-44-43-66-42-41-65-40-39-64-38-37-63-36-35-62-34-33-61-32-31-60-30-29-59-28-27-58-26-25-57-24-23-56-22-21-53(2)52(55)68-45-50-48-18-14-12-16-46(48)47-17-13-15-19-49(47)50/h12-19,50H,3-11,20-45H2,1-2H3. The maximum atomic E-state index is 12.6. The van der Waals surface area contributed by atoms with E-state index < -0.39 is 0 Å². The number of carbonyl (C=O) groups excluding carboxylic acids is 2. The summed E-state index contributed by atoms with van der Waals surface area (Å²) in [5.41, 5.74) is 4.79. The predicted molar refractivity (Wildman–Crippen MR) is 260 cm³/mol. The van der Waals surface area contributed by atoms with E-state index in [-0.39, 0.29) is 24.6 Å². The molecule has 0 bridgehead atoms. The first kappa shape index (κ1) is 59.1. The number of esters is 1. The van der Waals surface area contributed by atoms with Crippen molar-refractivity contribution < 1.29 is 71.2 Å². The van der Waals surface area contributed by atoms with Crippen molar-refractivity contribution in [2.75, 3.05) is 172 Å². The van der Waals surface area contributed by atoms with Gasteiger partial charge in [-0.2, -0.15) is 0 Å². The molecule has 2 aromatic rings. The summed E-state index contributed by atoms with van der Waals surface area (Å²) in [5, 5.41) is 0. The number of nitrogens with zero attached hydrogens (tertiary/aromatic N) is 1. The fourth-order valence-corrected chi connectivity index (χ4v) is 7.16. The van der Waals surface area contributed by atoms with E-state index in [1.54, 1.807) is 7.05 Å². The van der Waals surface area contributed by atoms with Crippen LogP contribution in [0.1, 0.15) is 88.2 Å². The zero-order valence-electron chi connectivity index (χ0n) is 41.5. The molecule has 0 heterocycles. The number of unbranched alkanes of at least 4 members (excludes halogenated alkanes) is 8. The van der Waals surface area contributed by atoms with E-state index in [4.69, 9.17) is 61.6 Å². The third-order valence-electron chi connectivity index (χ3n) is 10.9. The summed E-state index contributed by atoms with van der Waals surface area (Å²) in [6.45, 7) is 13.4. The van der Waals surface area contributed by atoms with Gasteiger partial charge < -0.3 is 66.5 Å². The average Bonchev–Trinajstić information content (AvgIpc) is 3.68. The lowest BCUT2D eigenvalue weighted by molar-refractivity contribution is -0.145. The first-order chi connectivity index (χ1) is 33.6. The molecule has 3 rings (SSSR count). The second kappa shape index (κ2) is 42.6. The number of hydrogen-bond donors (Lipinski definition) is 0. The fraction of sp³-hybridized carbons (Fsp3) is 0.731. The van der Waals surface area contributed by atoms with Gasteiger partial charge in [0.1, 0.15) is 13.2 Å². The molecule has 388 valence electrons. The first-order valence-electron chi connectivity index (χ1n) is 25.2. The molecule has 0 saturated carbocycles. The minimum absolute atomic E-state index is 0.0337. The highest BCUT2D eigenvalue weighted by atomic mass is 16.6. The monoisotopic (exact) mass is 964 g/mol. The molecule has 16 nitrogen and oxygen atoms in total. The number of amides is 1. The van der Waals surface area contributed by atoms with E-state index in [0.29, 0.717) is 165 Å². The second-order valence-electron chi connectivity index (χ2n) is 16.3. The fourth-order valence-electron chi connectivity index (χ4n) is 7.16. The molecular weight excluding hydrogens is 879 g/mol. The van der Waals surface area contributed by atoms with E-state index in [0.717, 1.165) is 12.8 Å². The lowest BCUT2D eigenvalue weighted by Crippen LogP contribution is -2.32. The summed E-state index contributed by atoms with van der Waals surface area (Å²) in [6, 6.07) is 16.6. The number of ether oxygens (including phenoxy) is 13. The molecule has 16 heteroatoms. The summed E-state index contributed by atoms with van der Waals surface area (Å²) >= 11 is 0. The molecule has 1 aliphatic carbocycles. The molecule has 1 aliphatic rings. The molecule has 68 heavy (non-hydrogen) atoms. The van der Waals surface area contributed by atoms with E-state index in [1.807, 2.05) is 24.3 Å². The van der Waals surface area contributed by atoms with Gasteiger partial charge in [0.2, 0.25) is 0 Å². The smallest absolute Gasteiger partial charge is 0.409 e. The molecule has 1 amide bonds. The maximum Gasteiger partial charge on any atom is 0.409 e. The Bertz CT molecular complexity index is 1460. The average molecular weight is 964 g/mol. The number of hydrogen-bond acceptors (Lipinski definition) is 15. The van der Waals surface area contributed by atoms with Crippen LogP contribution >= 0.6 is 0 Å². The van der Waals surface area contributed by atoms with Crippen LogP contribution in [0, 0.1) is 0 Å². The number of benzene rings is 2. The Hall–Kier alpha value is -3.26. The van der Waals surface area contributed by atoms with Crippen LogP contribution in [-0.2, 0) is 66.4 Å². The van der Waals surface area contributed by atoms with Crippen molar-refractivity contribution in [2.45, 2.75) is 77.0 Å². The minimum Gasteiger partial charge on any atom is -0.463 e. The second-order valence-corrected chi connectivity index (χ2v) is 16.3. The van der Waals surface area contributed by atoms with Crippen LogP contribution < -0.4 is 0 Å². The zero-order chi connectivity index (χ0) is 48.2. The van der Waals surface area contributed by atoms with Crippen molar-refractivity contribution in [3.05, 3.63) is 59.7 Å².